The summed E-state index contributed by atoms with van der Waals surface area (Å²) in [6.07, 6.45) is -1.40. The van der Waals surface area contributed by atoms with E-state index in [2.05, 4.69) is 0 Å². The molecule has 0 amide bonds. The van der Waals surface area contributed by atoms with E-state index < -0.39 is 12.6 Å². The fourth-order valence-electron chi connectivity index (χ4n) is 2.28. The van der Waals surface area contributed by atoms with Gasteiger partial charge in [0, 0.05) is 0 Å². The fourth-order valence-corrected chi connectivity index (χ4v) is 2.28. The van der Waals surface area contributed by atoms with Crippen LogP contribution in [0.1, 0.15) is 11.1 Å². The molecule has 128 valence electrons. The van der Waals surface area contributed by atoms with Crippen LogP contribution in [0.3, 0.4) is 0 Å². The van der Waals surface area contributed by atoms with Crippen LogP contribution >= 0.6 is 0 Å². The summed E-state index contributed by atoms with van der Waals surface area (Å²) >= 11 is 0. The zero-order valence-corrected chi connectivity index (χ0v) is 13.1. The van der Waals surface area contributed by atoms with Crippen LogP contribution in [-0.2, 0) is 22.7 Å². The summed E-state index contributed by atoms with van der Waals surface area (Å²) in [5.41, 5.74) is 1.61. The van der Waals surface area contributed by atoms with E-state index in [0.29, 0.717) is 24.7 Å². The summed E-state index contributed by atoms with van der Waals surface area (Å²) in [6.45, 7) is 0.809. The summed E-state index contributed by atoms with van der Waals surface area (Å²) in [7, 11) is 0. The molecule has 24 heavy (non-hydrogen) atoms. The second-order valence-corrected chi connectivity index (χ2v) is 5.32. The predicted molar refractivity (Wildman–Crippen MR) is 85.5 cm³/mol. The molecule has 1 heterocycles. The highest BCUT2D eigenvalue weighted by atomic mass is 16.8. The molecule has 6 heteroatoms. The van der Waals surface area contributed by atoms with E-state index in [1.807, 2.05) is 0 Å². The molecule has 0 unspecified atom stereocenters. The van der Waals surface area contributed by atoms with Gasteiger partial charge in [0.25, 0.3) is 12.6 Å². The molecule has 0 aliphatic carbocycles. The fraction of sp³-hybridized carbons (Fsp3) is 0.333. The van der Waals surface area contributed by atoms with Crippen molar-refractivity contribution in [2.45, 2.75) is 25.8 Å². The van der Waals surface area contributed by atoms with Gasteiger partial charge in [-0.05, 0) is 35.4 Å². The minimum atomic E-state index is -0.698. The molecule has 2 aromatic rings. The maximum Gasteiger partial charge on any atom is 0.263 e. The lowest BCUT2D eigenvalue weighted by Crippen LogP contribution is -2.45. The molecule has 0 spiro atoms. The SMILES string of the molecule is OCc1ccc(O[C@H]2OCCO[C@@H]2Oc2ccc(CO)cc2)cc1. The largest absolute Gasteiger partial charge is 0.458 e. The predicted octanol–water partition coefficient (Wildman–Crippen LogP) is 1.83. The summed E-state index contributed by atoms with van der Waals surface area (Å²) in [6, 6.07) is 14.2. The van der Waals surface area contributed by atoms with Gasteiger partial charge >= 0.3 is 0 Å². The van der Waals surface area contributed by atoms with Crippen molar-refractivity contribution in [3.05, 3.63) is 59.7 Å². The van der Waals surface area contributed by atoms with Gasteiger partial charge in [-0.25, -0.2) is 0 Å². The van der Waals surface area contributed by atoms with E-state index in [1.165, 1.54) is 0 Å². The van der Waals surface area contributed by atoms with Crippen LogP contribution in [0.2, 0.25) is 0 Å². The van der Waals surface area contributed by atoms with Gasteiger partial charge in [-0.1, -0.05) is 24.3 Å². The van der Waals surface area contributed by atoms with Gasteiger partial charge < -0.3 is 29.2 Å². The molecule has 1 aliphatic heterocycles. The van der Waals surface area contributed by atoms with E-state index >= 15 is 0 Å². The van der Waals surface area contributed by atoms with Crippen molar-refractivity contribution in [2.75, 3.05) is 13.2 Å². The third kappa shape index (κ3) is 4.24. The van der Waals surface area contributed by atoms with E-state index in [1.54, 1.807) is 48.5 Å². The minimum Gasteiger partial charge on any atom is -0.458 e. The van der Waals surface area contributed by atoms with Crippen LogP contribution in [-0.4, -0.2) is 36.0 Å². The maximum atomic E-state index is 9.07. The maximum absolute atomic E-state index is 9.07. The second kappa shape index (κ2) is 8.12. The highest BCUT2D eigenvalue weighted by molar-refractivity contribution is 5.28. The molecular weight excluding hydrogens is 312 g/mol. The van der Waals surface area contributed by atoms with E-state index in [9.17, 15) is 0 Å². The van der Waals surface area contributed by atoms with E-state index in [0.717, 1.165) is 11.1 Å². The van der Waals surface area contributed by atoms with E-state index in [4.69, 9.17) is 29.2 Å². The number of ether oxygens (including phenoxy) is 4. The molecule has 3 rings (SSSR count). The first-order valence-electron chi connectivity index (χ1n) is 7.74. The Morgan fingerprint density at radius 1 is 0.708 bits per heavy atom. The minimum absolute atomic E-state index is 0.0150. The summed E-state index contributed by atoms with van der Waals surface area (Å²) < 4.78 is 22.8. The lowest BCUT2D eigenvalue weighted by Gasteiger charge is -2.31. The van der Waals surface area contributed by atoms with Gasteiger partial charge in [0.15, 0.2) is 0 Å². The van der Waals surface area contributed by atoms with Crippen molar-refractivity contribution in [3.8, 4) is 11.5 Å². The number of aliphatic hydroxyl groups is 2. The van der Waals surface area contributed by atoms with Gasteiger partial charge in [0.1, 0.15) is 11.5 Å². The Kier molecular flexibility index (Phi) is 5.66. The third-order valence-corrected chi connectivity index (χ3v) is 3.59. The Balaban J connectivity index is 1.65. The molecule has 0 bridgehead atoms. The van der Waals surface area contributed by atoms with Crippen LogP contribution < -0.4 is 9.47 Å². The zero-order chi connectivity index (χ0) is 16.8. The second-order valence-electron chi connectivity index (χ2n) is 5.32. The Hall–Kier alpha value is -2.12. The normalized spacial score (nSPS) is 20.6. The van der Waals surface area contributed by atoms with Crippen LogP contribution in [0.25, 0.3) is 0 Å². The topological polar surface area (TPSA) is 77.4 Å². The quantitative estimate of drug-likeness (QED) is 0.840. The first-order chi connectivity index (χ1) is 11.8. The molecule has 0 radical (unpaired) electrons. The van der Waals surface area contributed by atoms with Crippen LogP contribution in [0.4, 0.5) is 0 Å². The van der Waals surface area contributed by atoms with Crippen molar-refractivity contribution < 1.29 is 29.2 Å². The van der Waals surface area contributed by atoms with Gasteiger partial charge in [-0.2, -0.15) is 0 Å². The van der Waals surface area contributed by atoms with Crippen molar-refractivity contribution in [1.82, 2.24) is 0 Å². The standard InChI is InChI=1S/C18H20O6/c19-11-13-1-5-15(6-2-13)23-17-18(22-10-9-21-17)24-16-7-3-14(12-20)4-8-16/h1-8,17-20H,9-12H2/t17-,18-/m1/s1. The van der Waals surface area contributed by atoms with Crippen molar-refractivity contribution in [2.24, 2.45) is 0 Å². The van der Waals surface area contributed by atoms with Gasteiger partial charge in [-0.15, -0.1) is 0 Å². The summed E-state index contributed by atoms with van der Waals surface area (Å²) in [5, 5.41) is 18.1. The molecule has 1 aliphatic rings. The Labute approximate surface area is 140 Å². The Morgan fingerprint density at radius 2 is 1.08 bits per heavy atom. The van der Waals surface area contributed by atoms with Gasteiger partial charge in [0.2, 0.25) is 0 Å². The number of aliphatic hydroxyl groups excluding tert-OH is 2. The zero-order valence-electron chi connectivity index (χ0n) is 13.1. The molecule has 0 saturated carbocycles. The Bertz CT molecular complexity index is 567. The van der Waals surface area contributed by atoms with E-state index in [-0.39, 0.29) is 13.2 Å². The number of hydrogen-bond donors (Lipinski definition) is 2. The molecule has 2 N–H and O–H groups in total. The smallest absolute Gasteiger partial charge is 0.263 e. The molecule has 1 fully saturated rings. The summed E-state index contributed by atoms with van der Waals surface area (Å²) in [4.78, 5) is 0. The van der Waals surface area contributed by atoms with Crippen LogP contribution in [0.15, 0.2) is 48.5 Å². The lowest BCUT2D eigenvalue weighted by atomic mass is 10.2. The molecule has 2 aromatic carbocycles. The Morgan fingerprint density at radius 3 is 1.42 bits per heavy atom. The van der Waals surface area contributed by atoms with Crippen molar-refractivity contribution in [3.63, 3.8) is 0 Å². The average Bonchev–Trinajstić information content (AvgIpc) is 2.64. The van der Waals surface area contributed by atoms with Crippen LogP contribution in [0.5, 0.6) is 11.5 Å². The average molecular weight is 332 g/mol. The van der Waals surface area contributed by atoms with Crippen molar-refractivity contribution in [1.29, 1.82) is 0 Å². The monoisotopic (exact) mass is 332 g/mol. The number of hydrogen-bond acceptors (Lipinski definition) is 6. The highest BCUT2D eigenvalue weighted by Crippen LogP contribution is 2.22. The first kappa shape index (κ1) is 16.7. The van der Waals surface area contributed by atoms with Gasteiger partial charge in [0.05, 0.1) is 26.4 Å². The number of rotatable bonds is 6. The van der Waals surface area contributed by atoms with Crippen LogP contribution in [0, 0.1) is 0 Å². The number of benzene rings is 2. The molecular formula is C18H20O6. The van der Waals surface area contributed by atoms with Crippen molar-refractivity contribution >= 4 is 0 Å². The molecule has 2 atom stereocenters. The molecule has 6 nitrogen and oxygen atoms in total. The lowest BCUT2D eigenvalue weighted by molar-refractivity contribution is -0.271. The molecule has 1 saturated heterocycles. The van der Waals surface area contributed by atoms with Gasteiger partial charge in [-0.3, -0.25) is 0 Å². The highest BCUT2D eigenvalue weighted by Gasteiger charge is 2.31. The summed E-state index contributed by atoms with van der Waals surface area (Å²) in [5.74, 6) is 1.21. The third-order valence-electron chi connectivity index (χ3n) is 3.59. The first-order valence-corrected chi connectivity index (χ1v) is 7.74. The molecule has 0 aromatic heterocycles.